The minimum absolute atomic E-state index is 0.110. The van der Waals surface area contributed by atoms with Gasteiger partial charge in [-0.25, -0.2) is 0 Å². The lowest BCUT2D eigenvalue weighted by molar-refractivity contribution is 0.0976. The van der Waals surface area contributed by atoms with Crippen molar-refractivity contribution in [2.45, 2.75) is 38.1 Å². The molecule has 6 nitrogen and oxygen atoms in total. The number of pyridine rings is 1. The van der Waals surface area contributed by atoms with Gasteiger partial charge in [0.05, 0.1) is 12.3 Å². The molecular formula is C18H21N3O3. The van der Waals surface area contributed by atoms with Crippen molar-refractivity contribution in [3.63, 3.8) is 0 Å². The summed E-state index contributed by atoms with van der Waals surface area (Å²) in [6.07, 6.45) is 8.98. The Labute approximate surface area is 140 Å². The van der Waals surface area contributed by atoms with E-state index in [0.29, 0.717) is 11.2 Å². The highest BCUT2D eigenvalue weighted by atomic mass is 16.6. The van der Waals surface area contributed by atoms with E-state index in [9.17, 15) is 4.79 Å². The first-order chi connectivity index (χ1) is 11.8. The number of furan rings is 1. The molecule has 0 amide bonds. The van der Waals surface area contributed by atoms with Gasteiger partial charge in [-0.15, -0.1) is 0 Å². The molecule has 0 radical (unpaired) electrons. The molecule has 0 N–H and O–H groups in total. The molecule has 3 rings (SSSR count). The highest BCUT2D eigenvalue weighted by molar-refractivity contribution is 6.45. The first-order valence-corrected chi connectivity index (χ1v) is 8.21. The predicted molar refractivity (Wildman–Crippen MR) is 89.7 cm³/mol. The van der Waals surface area contributed by atoms with Crippen molar-refractivity contribution in [2.24, 2.45) is 10.1 Å². The normalized spacial score (nSPS) is 17.0. The van der Waals surface area contributed by atoms with E-state index in [2.05, 4.69) is 5.16 Å². The number of oxime groups is 1. The van der Waals surface area contributed by atoms with Gasteiger partial charge in [-0.3, -0.25) is 14.4 Å². The zero-order valence-corrected chi connectivity index (χ0v) is 13.7. The van der Waals surface area contributed by atoms with E-state index in [1.54, 1.807) is 24.4 Å². The molecule has 2 aromatic heterocycles. The third kappa shape index (κ3) is 3.64. The first-order valence-electron chi connectivity index (χ1n) is 8.21. The Hall–Kier alpha value is -2.63. The zero-order valence-electron chi connectivity index (χ0n) is 13.7. The van der Waals surface area contributed by atoms with Gasteiger partial charge < -0.3 is 9.25 Å². The summed E-state index contributed by atoms with van der Waals surface area (Å²) in [6, 6.07) is 9.18. The zero-order chi connectivity index (χ0) is 16.8. The fraction of sp³-hybridized carbons (Fsp3) is 0.389. The molecule has 0 unspecified atom stereocenters. The second-order valence-electron chi connectivity index (χ2n) is 5.75. The summed E-state index contributed by atoms with van der Waals surface area (Å²) in [5.41, 5.74) is 0.739. The minimum atomic E-state index is -0.332. The lowest BCUT2D eigenvalue weighted by Gasteiger charge is -2.17. The van der Waals surface area contributed by atoms with Crippen LogP contribution in [0.3, 0.4) is 0 Å². The van der Waals surface area contributed by atoms with Crippen LogP contribution in [0.2, 0.25) is 0 Å². The van der Waals surface area contributed by atoms with Crippen LogP contribution in [0.5, 0.6) is 0 Å². The average molecular weight is 327 g/mol. The Morgan fingerprint density at radius 1 is 1.21 bits per heavy atom. The van der Waals surface area contributed by atoms with Crippen LogP contribution in [-0.4, -0.2) is 29.3 Å². The van der Waals surface area contributed by atoms with Crippen molar-refractivity contribution < 1.29 is 14.0 Å². The van der Waals surface area contributed by atoms with Crippen LogP contribution >= 0.6 is 0 Å². The van der Waals surface area contributed by atoms with Crippen molar-refractivity contribution in [1.29, 1.82) is 0 Å². The Morgan fingerprint density at radius 3 is 2.75 bits per heavy atom. The Bertz CT molecular complexity index is 769. The van der Waals surface area contributed by atoms with Gasteiger partial charge in [0.1, 0.15) is 12.6 Å². The van der Waals surface area contributed by atoms with Crippen LogP contribution < -0.4 is 5.49 Å². The van der Waals surface area contributed by atoms with Crippen molar-refractivity contribution in [3.05, 3.63) is 54.0 Å². The number of hydrogen-bond acceptors (Lipinski definition) is 5. The largest absolute Gasteiger partial charge is 0.462 e. The second kappa shape index (κ2) is 7.77. The van der Waals surface area contributed by atoms with Crippen molar-refractivity contribution >= 4 is 11.6 Å². The number of aromatic nitrogens is 1. The van der Waals surface area contributed by atoms with E-state index in [-0.39, 0.29) is 17.7 Å². The molecule has 6 heteroatoms. The molecule has 1 fully saturated rings. The molecule has 2 heterocycles. The maximum atomic E-state index is 12.9. The molecule has 24 heavy (non-hydrogen) atoms. The molecule has 2 aromatic rings. The van der Waals surface area contributed by atoms with Gasteiger partial charge in [0.25, 0.3) is 5.91 Å². The number of hydrogen-bond donors (Lipinski definition) is 0. The van der Waals surface area contributed by atoms with E-state index in [1.807, 2.05) is 12.1 Å². The Balaban J connectivity index is 1.98. The lowest BCUT2D eigenvalue weighted by atomic mass is 9.96. The summed E-state index contributed by atoms with van der Waals surface area (Å²) in [5.74, 6) is 0.0313. The molecular weight excluding hydrogens is 306 g/mol. The van der Waals surface area contributed by atoms with Gasteiger partial charge in [-0.1, -0.05) is 30.5 Å². The fourth-order valence-corrected chi connectivity index (χ4v) is 2.92. The molecule has 0 atom stereocenters. The smallest absolute Gasteiger partial charge is 0.289 e. The fourth-order valence-electron chi connectivity index (χ4n) is 2.92. The summed E-state index contributed by atoms with van der Waals surface area (Å²) in [7, 11) is 1.40. The van der Waals surface area contributed by atoms with Gasteiger partial charge in [0.15, 0.2) is 5.76 Å². The van der Waals surface area contributed by atoms with Crippen LogP contribution in [-0.2, 0) is 4.84 Å². The summed E-state index contributed by atoms with van der Waals surface area (Å²) in [6.45, 7) is 0. The molecule has 1 saturated carbocycles. The molecule has 0 bridgehead atoms. The van der Waals surface area contributed by atoms with Gasteiger partial charge >= 0.3 is 0 Å². The van der Waals surface area contributed by atoms with Crippen LogP contribution in [0, 0.1) is 0 Å². The van der Waals surface area contributed by atoms with Gasteiger partial charge in [0.2, 0.25) is 5.71 Å². The molecule has 1 aliphatic carbocycles. The molecule has 0 aromatic carbocycles. The lowest BCUT2D eigenvalue weighted by Crippen LogP contribution is -2.33. The third-order valence-electron chi connectivity index (χ3n) is 4.09. The molecule has 0 spiro atoms. The summed E-state index contributed by atoms with van der Waals surface area (Å²) >= 11 is 0. The van der Waals surface area contributed by atoms with Gasteiger partial charge in [-0.05, 0) is 37.1 Å². The average Bonchev–Trinajstić information content (AvgIpc) is 3.15. The van der Waals surface area contributed by atoms with Crippen molar-refractivity contribution in [1.82, 2.24) is 4.57 Å². The summed E-state index contributed by atoms with van der Waals surface area (Å²) < 4.78 is 6.80. The topological polar surface area (TPSA) is 69.1 Å². The van der Waals surface area contributed by atoms with Crippen LogP contribution in [0.25, 0.3) is 0 Å². The monoisotopic (exact) mass is 327 g/mol. The second-order valence-corrected chi connectivity index (χ2v) is 5.75. The van der Waals surface area contributed by atoms with Crippen LogP contribution in [0.15, 0.2) is 57.4 Å². The van der Waals surface area contributed by atoms with Crippen molar-refractivity contribution in [2.75, 3.05) is 7.11 Å². The predicted octanol–water partition coefficient (Wildman–Crippen LogP) is 3.01. The minimum Gasteiger partial charge on any atom is -0.462 e. The van der Waals surface area contributed by atoms with E-state index < -0.39 is 0 Å². The quantitative estimate of drug-likeness (QED) is 0.640. The SMILES string of the molecule is CON=C(C(=O)n1ccccc1=NC1CCCCC1)c1ccco1. The molecule has 126 valence electrons. The Morgan fingerprint density at radius 2 is 2.04 bits per heavy atom. The number of nitrogens with zero attached hydrogens (tertiary/aromatic N) is 3. The van der Waals surface area contributed by atoms with E-state index in [1.165, 1.54) is 37.2 Å². The van der Waals surface area contributed by atoms with E-state index in [4.69, 9.17) is 14.2 Å². The maximum absolute atomic E-state index is 12.9. The summed E-state index contributed by atoms with van der Waals surface area (Å²) in [5, 5.41) is 3.84. The van der Waals surface area contributed by atoms with Crippen molar-refractivity contribution in [3.8, 4) is 0 Å². The highest BCUT2D eigenvalue weighted by Crippen LogP contribution is 2.19. The highest BCUT2D eigenvalue weighted by Gasteiger charge is 2.20. The molecule has 1 aliphatic rings. The van der Waals surface area contributed by atoms with Crippen LogP contribution in [0.1, 0.15) is 42.7 Å². The first kappa shape index (κ1) is 16.2. The van der Waals surface area contributed by atoms with E-state index in [0.717, 1.165) is 12.8 Å². The molecule has 0 saturated heterocycles. The number of carbonyl (C=O) groups excluding carboxylic acids is 1. The van der Waals surface area contributed by atoms with Gasteiger partial charge in [0, 0.05) is 6.20 Å². The standard InChI is InChI=1S/C18H21N3O3/c1-23-20-17(15-10-7-13-24-15)18(22)21-12-6-5-11-16(21)19-14-8-3-2-4-9-14/h5-7,10-14H,2-4,8-9H2,1H3. The Kier molecular flexibility index (Phi) is 5.25. The summed E-state index contributed by atoms with van der Waals surface area (Å²) in [4.78, 5) is 22.5. The number of carbonyl (C=O) groups is 1. The maximum Gasteiger partial charge on any atom is 0.289 e. The third-order valence-corrected chi connectivity index (χ3v) is 4.09. The van der Waals surface area contributed by atoms with Gasteiger partial charge in [-0.2, -0.15) is 0 Å². The van der Waals surface area contributed by atoms with E-state index >= 15 is 0 Å². The number of rotatable bonds is 4. The molecule has 0 aliphatic heterocycles. The van der Waals surface area contributed by atoms with Crippen LogP contribution in [0.4, 0.5) is 0 Å².